The molecule has 0 radical (unpaired) electrons. The second kappa shape index (κ2) is 7.27. The number of carbonyl (C=O) groups is 2. The van der Waals surface area contributed by atoms with Gasteiger partial charge < -0.3 is 18.9 Å². The number of carbonyl (C=O) groups excluding carboxylic acids is 2. The van der Waals surface area contributed by atoms with Gasteiger partial charge >= 0.3 is 11.9 Å². The van der Waals surface area contributed by atoms with Crippen LogP contribution in [0.25, 0.3) is 0 Å². The van der Waals surface area contributed by atoms with E-state index in [1.807, 2.05) is 12.1 Å². The van der Waals surface area contributed by atoms with Crippen LogP contribution < -0.4 is 0 Å². The van der Waals surface area contributed by atoms with Crippen LogP contribution in [-0.4, -0.2) is 43.1 Å². The maximum atomic E-state index is 12.2. The fraction of sp³-hybridized carbons (Fsp3) is 0.300. The van der Waals surface area contributed by atoms with Crippen molar-refractivity contribution in [3.8, 4) is 0 Å². The van der Waals surface area contributed by atoms with Gasteiger partial charge in [-0.1, -0.05) is 36.4 Å². The van der Waals surface area contributed by atoms with Gasteiger partial charge in [-0.15, -0.1) is 0 Å². The number of ether oxygens (including phenoxy) is 4. The van der Waals surface area contributed by atoms with Crippen molar-refractivity contribution in [2.45, 2.75) is 31.0 Å². The van der Waals surface area contributed by atoms with E-state index in [0.717, 1.165) is 0 Å². The van der Waals surface area contributed by atoms with Gasteiger partial charge in [0.2, 0.25) is 6.29 Å². The highest BCUT2D eigenvalue weighted by atomic mass is 16.7. The Kier molecular flexibility index (Phi) is 4.69. The molecule has 0 spiro atoms. The van der Waals surface area contributed by atoms with E-state index in [1.54, 1.807) is 48.5 Å². The third-order valence-electron chi connectivity index (χ3n) is 4.46. The van der Waals surface area contributed by atoms with Crippen molar-refractivity contribution in [3.63, 3.8) is 0 Å². The fourth-order valence-corrected chi connectivity index (χ4v) is 3.16. The molecule has 0 unspecified atom stereocenters. The van der Waals surface area contributed by atoms with E-state index in [0.29, 0.717) is 17.5 Å². The molecule has 2 fully saturated rings. The minimum absolute atomic E-state index is 0.253. The van der Waals surface area contributed by atoms with E-state index in [9.17, 15) is 9.59 Å². The molecule has 2 aromatic carbocycles. The molecule has 2 aromatic rings. The van der Waals surface area contributed by atoms with Crippen LogP contribution >= 0.6 is 0 Å². The van der Waals surface area contributed by atoms with Crippen molar-refractivity contribution in [2.75, 3.05) is 6.61 Å². The van der Waals surface area contributed by atoms with E-state index < -0.39 is 30.4 Å². The molecule has 134 valence electrons. The molecule has 0 aromatic heterocycles. The molecule has 2 saturated heterocycles. The number of esters is 2. The van der Waals surface area contributed by atoms with Gasteiger partial charge in [-0.25, -0.2) is 9.59 Å². The zero-order valence-corrected chi connectivity index (χ0v) is 13.9. The van der Waals surface area contributed by atoms with Gasteiger partial charge in [-0.05, 0) is 24.3 Å². The molecule has 2 aliphatic rings. The van der Waals surface area contributed by atoms with Crippen LogP contribution in [0.5, 0.6) is 0 Å². The highest BCUT2D eigenvalue weighted by Crippen LogP contribution is 2.33. The van der Waals surface area contributed by atoms with Crippen LogP contribution in [0.4, 0.5) is 0 Å². The summed E-state index contributed by atoms with van der Waals surface area (Å²) in [5.74, 6) is -0.874. The standard InChI is InChI=1S/C20H18O6/c21-19(13-7-3-1-4-8-13)24-16-12-23-15-11-17(25-18(15)16)26-20(22)14-9-5-2-6-10-14/h1-10,15-18H,11-12H2/t15-,16+,17+,18+/m0/s1. The first-order valence-electron chi connectivity index (χ1n) is 8.50. The van der Waals surface area contributed by atoms with Crippen LogP contribution in [-0.2, 0) is 18.9 Å². The van der Waals surface area contributed by atoms with Gasteiger partial charge in [-0.2, -0.15) is 0 Å². The van der Waals surface area contributed by atoms with Gasteiger partial charge in [0, 0.05) is 6.42 Å². The Labute approximate surface area is 150 Å². The third kappa shape index (κ3) is 3.47. The lowest BCUT2D eigenvalue weighted by molar-refractivity contribution is -0.124. The summed E-state index contributed by atoms with van der Waals surface area (Å²) in [4.78, 5) is 24.4. The second-order valence-corrected chi connectivity index (χ2v) is 6.22. The smallest absolute Gasteiger partial charge is 0.340 e. The monoisotopic (exact) mass is 354 g/mol. The third-order valence-corrected chi connectivity index (χ3v) is 4.46. The number of rotatable bonds is 4. The van der Waals surface area contributed by atoms with Gasteiger partial charge in [-0.3, -0.25) is 0 Å². The summed E-state index contributed by atoms with van der Waals surface area (Å²) >= 11 is 0. The number of fused-ring (bicyclic) bond motifs is 1. The predicted octanol–water partition coefficient (Wildman–Crippen LogP) is 2.58. The van der Waals surface area contributed by atoms with Crippen LogP contribution in [0.2, 0.25) is 0 Å². The van der Waals surface area contributed by atoms with E-state index >= 15 is 0 Å². The van der Waals surface area contributed by atoms with Crippen LogP contribution in [0.3, 0.4) is 0 Å². The molecule has 6 nitrogen and oxygen atoms in total. The zero-order valence-electron chi connectivity index (χ0n) is 13.9. The minimum atomic E-state index is -0.712. The summed E-state index contributed by atoms with van der Waals surface area (Å²) in [7, 11) is 0. The second-order valence-electron chi connectivity index (χ2n) is 6.22. The Morgan fingerprint density at radius 3 is 2.04 bits per heavy atom. The topological polar surface area (TPSA) is 71.1 Å². The summed E-state index contributed by atoms with van der Waals surface area (Å²) < 4.78 is 22.3. The Balaban J connectivity index is 1.35. The van der Waals surface area contributed by atoms with Gasteiger partial charge in [0.05, 0.1) is 23.8 Å². The summed E-state index contributed by atoms with van der Waals surface area (Å²) in [5, 5.41) is 0. The molecule has 2 aliphatic heterocycles. The molecule has 26 heavy (non-hydrogen) atoms. The summed E-state index contributed by atoms with van der Waals surface area (Å²) in [6.45, 7) is 0.271. The van der Waals surface area contributed by atoms with Crippen molar-refractivity contribution in [1.82, 2.24) is 0 Å². The average molecular weight is 354 g/mol. The van der Waals surface area contributed by atoms with Crippen LogP contribution in [0, 0.1) is 0 Å². The Bertz CT molecular complexity index is 775. The van der Waals surface area contributed by atoms with Crippen LogP contribution in [0.1, 0.15) is 27.1 Å². The van der Waals surface area contributed by atoms with Crippen molar-refractivity contribution in [3.05, 3.63) is 71.8 Å². The zero-order chi connectivity index (χ0) is 17.9. The van der Waals surface area contributed by atoms with Gasteiger partial charge in [0.15, 0.2) is 6.10 Å². The number of benzene rings is 2. The fourth-order valence-electron chi connectivity index (χ4n) is 3.16. The van der Waals surface area contributed by atoms with E-state index in [4.69, 9.17) is 18.9 Å². The molecule has 0 amide bonds. The largest absolute Gasteiger partial charge is 0.453 e. The van der Waals surface area contributed by atoms with Crippen molar-refractivity contribution < 1.29 is 28.5 Å². The highest BCUT2D eigenvalue weighted by molar-refractivity contribution is 5.90. The molecule has 2 heterocycles. The lowest BCUT2D eigenvalue weighted by atomic mass is 10.1. The average Bonchev–Trinajstić information content (AvgIpc) is 3.24. The Hall–Kier alpha value is -2.70. The first kappa shape index (κ1) is 16.8. The maximum absolute atomic E-state index is 12.2. The molecule has 0 N–H and O–H groups in total. The SMILES string of the molecule is O=C(O[C@@H]1C[C@@H]2OC[C@@H](OC(=O)c3ccccc3)[C@@H]2O1)c1ccccc1. The van der Waals surface area contributed by atoms with Gasteiger partial charge in [0.1, 0.15) is 6.10 Å². The van der Waals surface area contributed by atoms with Crippen molar-refractivity contribution >= 4 is 11.9 Å². The maximum Gasteiger partial charge on any atom is 0.340 e. The lowest BCUT2D eigenvalue weighted by Gasteiger charge is -2.19. The summed E-state index contributed by atoms with van der Waals surface area (Å²) in [6.07, 6.45) is -1.50. The quantitative estimate of drug-likeness (QED) is 0.786. The molecule has 0 aliphatic carbocycles. The summed E-state index contributed by atoms with van der Waals surface area (Å²) in [5.41, 5.74) is 0.933. The van der Waals surface area contributed by atoms with E-state index in [-0.39, 0.29) is 12.7 Å². The molecule has 4 rings (SSSR count). The molecule has 0 saturated carbocycles. The highest BCUT2D eigenvalue weighted by Gasteiger charge is 2.49. The van der Waals surface area contributed by atoms with E-state index in [2.05, 4.69) is 0 Å². The lowest BCUT2D eigenvalue weighted by Crippen LogP contribution is -2.33. The van der Waals surface area contributed by atoms with Gasteiger partial charge in [0.25, 0.3) is 0 Å². The molecule has 4 atom stereocenters. The predicted molar refractivity (Wildman–Crippen MR) is 90.5 cm³/mol. The minimum Gasteiger partial charge on any atom is -0.453 e. The molecular formula is C20H18O6. The summed E-state index contributed by atoms with van der Waals surface area (Å²) in [6, 6.07) is 17.5. The first-order chi connectivity index (χ1) is 12.7. The number of hydrogen-bond donors (Lipinski definition) is 0. The molecule has 0 bridgehead atoms. The van der Waals surface area contributed by atoms with Crippen molar-refractivity contribution in [2.24, 2.45) is 0 Å². The van der Waals surface area contributed by atoms with Crippen LogP contribution in [0.15, 0.2) is 60.7 Å². The molecular weight excluding hydrogens is 336 g/mol. The van der Waals surface area contributed by atoms with E-state index in [1.165, 1.54) is 0 Å². The molecule has 6 heteroatoms. The van der Waals surface area contributed by atoms with Crippen molar-refractivity contribution in [1.29, 1.82) is 0 Å². The number of hydrogen-bond acceptors (Lipinski definition) is 6. The normalized spacial score (nSPS) is 26.9. The first-order valence-corrected chi connectivity index (χ1v) is 8.50. The Morgan fingerprint density at radius 1 is 0.846 bits per heavy atom. The Morgan fingerprint density at radius 2 is 1.42 bits per heavy atom.